The number of piperazine rings is 1. The molecule has 50 heavy (non-hydrogen) atoms. The van der Waals surface area contributed by atoms with Gasteiger partial charge in [-0.1, -0.05) is 36.6 Å². The van der Waals surface area contributed by atoms with E-state index in [0.717, 1.165) is 0 Å². The number of Topliss-reactive ketones (excluding diaryl/α,β-unsaturated/α-hetero) is 1. The fourth-order valence-electron chi connectivity index (χ4n) is 5.10. The van der Waals surface area contributed by atoms with Gasteiger partial charge in [0, 0.05) is 48.9 Å². The van der Waals surface area contributed by atoms with Crippen molar-refractivity contribution in [3.05, 3.63) is 95.2 Å². The number of alkyl carbamates (subject to hydrolysis) is 1. The minimum atomic E-state index is -0.780. The zero-order valence-electron chi connectivity index (χ0n) is 29.1. The monoisotopic (exact) mass is 682 g/mol. The van der Waals surface area contributed by atoms with Gasteiger partial charge in [0.25, 0.3) is 17.6 Å². The molecule has 2 heterocycles. The van der Waals surface area contributed by atoms with Gasteiger partial charge >= 0.3 is 12.2 Å². The molecular formula is C37H42N6O7. The summed E-state index contributed by atoms with van der Waals surface area (Å²) in [5.41, 5.74) is 11.5. The first-order valence-electron chi connectivity index (χ1n) is 16.0. The Morgan fingerprint density at radius 1 is 0.820 bits per heavy atom. The summed E-state index contributed by atoms with van der Waals surface area (Å²) in [6.07, 6.45) is 2.71. The molecule has 2 aromatic carbocycles. The van der Waals surface area contributed by atoms with Crippen LogP contribution >= 0.6 is 0 Å². The van der Waals surface area contributed by atoms with Crippen LogP contribution in [0.25, 0.3) is 22.7 Å². The standard InChI is InChI=1S/C37H42N6O7/c1-8-12-24-15-16-26(28(40-41-35(48)50-37(5,6)7)17-18-38-34(47)49-36(2,3)4)30-29(24)27(23-39-30)31(44)33(46)43-21-19-42(20-22-43)32(45)25-13-10-9-11-14-25/h9-16,18,23,39-40H,1,19-22H2,2-7H3,(H,38,47)(H,41,48). The van der Waals surface area contributed by atoms with Gasteiger partial charge in [-0.25, -0.2) is 15.0 Å². The first-order valence-corrected chi connectivity index (χ1v) is 16.0. The number of nitrogens with one attached hydrogen (secondary N) is 4. The van der Waals surface area contributed by atoms with Crippen molar-refractivity contribution in [2.45, 2.75) is 52.7 Å². The molecule has 1 saturated heterocycles. The number of ketones is 1. The van der Waals surface area contributed by atoms with E-state index in [1.165, 1.54) is 17.3 Å². The van der Waals surface area contributed by atoms with Crippen molar-refractivity contribution in [3.8, 4) is 0 Å². The van der Waals surface area contributed by atoms with Crippen molar-refractivity contribution in [2.75, 3.05) is 26.2 Å². The van der Waals surface area contributed by atoms with E-state index in [4.69, 9.17) is 9.47 Å². The second-order valence-electron chi connectivity index (χ2n) is 13.3. The second kappa shape index (κ2) is 15.5. The minimum Gasteiger partial charge on any atom is -0.444 e. The average Bonchev–Trinajstić information content (AvgIpc) is 3.50. The molecule has 0 radical (unpaired) electrons. The van der Waals surface area contributed by atoms with E-state index in [1.54, 1.807) is 88.9 Å². The molecule has 13 nitrogen and oxygen atoms in total. The van der Waals surface area contributed by atoms with Crippen molar-refractivity contribution < 1.29 is 33.4 Å². The van der Waals surface area contributed by atoms with Gasteiger partial charge in [-0.3, -0.25) is 25.1 Å². The predicted octanol–water partition coefficient (Wildman–Crippen LogP) is 5.14. The number of benzene rings is 2. The van der Waals surface area contributed by atoms with Crippen LogP contribution < -0.4 is 16.2 Å². The predicted molar refractivity (Wildman–Crippen MR) is 189 cm³/mol. The van der Waals surface area contributed by atoms with Crippen LogP contribution in [-0.4, -0.2) is 81.9 Å². The largest absolute Gasteiger partial charge is 0.444 e. The van der Waals surface area contributed by atoms with Gasteiger partial charge in [-0.15, -0.1) is 5.73 Å². The van der Waals surface area contributed by atoms with Crippen molar-refractivity contribution in [3.63, 3.8) is 0 Å². The zero-order valence-corrected chi connectivity index (χ0v) is 29.1. The maximum Gasteiger partial charge on any atom is 0.426 e. The number of hydrogen-bond donors (Lipinski definition) is 4. The molecule has 1 fully saturated rings. The Kier molecular flexibility index (Phi) is 11.4. The number of carbonyl (C=O) groups excluding carboxylic acids is 5. The summed E-state index contributed by atoms with van der Waals surface area (Å²) >= 11 is 0. The van der Waals surface area contributed by atoms with E-state index in [0.29, 0.717) is 27.6 Å². The minimum absolute atomic E-state index is 0.103. The molecule has 1 aliphatic rings. The highest BCUT2D eigenvalue weighted by molar-refractivity contribution is 6.45. The first kappa shape index (κ1) is 36.8. The molecule has 4 N–H and O–H groups in total. The summed E-state index contributed by atoms with van der Waals surface area (Å²) in [5, 5.41) is 2.87. The molecule has 0 atom stereocenters. The Hall–Kier alpha value is -6.03. The first-order chi connectivity index (χ1) is 23.6. The lowest BCUT2D eigenvalue weighted by molar-refractivity contribution is -0.127. The van der Waals surface area contributed by atoms with Crippen molar-refractivity contribution >= 4 is 52.5 Å². The number of H-pyrrole nitrogens is 1. The summed E-state index contributed by atoms with van der Waals surface area (Å²) in [6.45, 7) is 14.9. The van der Waals surface area contributed by atoms with E-state index in [2.05, 4.69) is 39.2 Å². The van der Waals surface area contributed by atoms with Crippen molar-refractivity contribution in [2.24, 2.45) is 0 Å². The molecule has 0 aliphatic carbocycles. The van der Waals surface area contributed by atoms with Gasteiger partial charge in [0.15, 0.2) is 0 Å². The number of nitrogens with zero attached hydrogens (tertiary/aromatic N) is 2. The highest BCUT2D eigenvalue weighted by Crippen LogP contribution is 2.30. The fraction of sp³-hybridized carbons (Fsp3) is 0.324. The third kappa shape index (κ3) is 9.53. The lowest BCUT2D eigenvalue weighted by atomic mass is 9.98. The average molecular weight is 683 g/mol. The number of hydrazine groups is 1. The second-order valence-corrected chi connectivity index (χ2v) is 13.3. The molecule has 1 aliphatic heterocycles. The summed E-state index contributed by atoms with van der Waals surface area (Å²) in [7, 11) is 0. The van der Waals surface area contributed by atoms with E-state index in [9.17, 15) is 24.0 Å². The van der Waals surface area contributed by atoms with E-state index >= 15 is 0 Å². The van der Waals surface area contributed by atoms with Gasteiger partial charge in [0.1, 0.15) is 16.9 Å². The van der Waals surface area contributed by atoms with Gasteiger partial charge in [0.2, 0.25) is 0 Å². The van der Waals surface area contributed by atoms with Crippen molar-refractivity contribution in [1.82, 2.24) is 31.0 Å². The Bertz CT molecular complexity index is 1900. The van der Waals surface area contributed by atoms with Crippen LogP contribution in [0, 0.1) is 0 Å². The molecule has 0 saturated carbocycles. The molecule has 0 unspecified atom stereocenters. The number of rotatable bonds is 8. The Balaban J connectivity index is 1.65. The molecule has 4 amide bonds. The maximum atomic E-state index is 13.8. The van der Waals surface area contributed by atoms with E-state index < -0.39 is 35.1 Å². The number of ether oxygens (including phenoxy) is 2. The van der Waals surface area contributed by atoms with Crippen molar-refractivity contribution in [1.29, 1.82) is 0 Å². The quantitative estimate of drug-likeness (QED) is 0.110. The van der Waals surface area contributed by atoms with Crippen LogP contribution in [-0.2, 0) is 14.3 Å². The Morgan fingerprint density at radius 2 is 1.44 bits per heavy atom. The van der Waals surface area contributed by atoms with Crippen LogP contribution in [0.2, 0.25) is 0 Å². The van der Waals surface area contributed by atoms with Gasteiger partial charge < -0.3 is 24.3 Å². The van der Waals surface area contributed by atoms with Crippen LogP contribution in [0.5, 0.6) is 0 Å². The normalized spacial score (nSPS) is 12.9. The summed E-state index contributed by atoms with van der Waals surface area (Å²) in [6, 6.07) is 12.3. The van der Waals surface area contributed by atoms with Gasteiger partial charge in [-0.2, -0.15) is 0 Å². The molecule has 3 aromatic rings. The maximum absolute atomic E-state index is 13.8. The molecule has 4 rings (SSSR count). The lowest BCUT2D eigenvalue weighted by Crippen LogP contribution is -2.52. The smallest absolute Gasteiger partial charge is 0.426 e. The number of hydrogen-bond acceptors (Lipinski definition) is 8. The van der Waals surface area contributed by atoms with E-state index in [1.807, 2.05) is 6.07 Å². The highest BCUT2D eigenvalue weighted by atomic mass is 16.6. The van der Waals surface area contributed by atoms with Crippen LogP contribution in [0.15, 0.2) is 72.9 Å². The molecule has 13 heteroatoms. The van der Waals surface area contributed by atoms with E-state index in [-0.39, 0.29) is 43.3 Å². The number of fused-ring (bicyclic) bond motifs is 1. The fourth-order valence-corrected chi connectivity index (χ4v) is 5.10. The summed E-state index contributed by atoms with van der Waals surface area (Å²) < 4.78 is 10.6. The number of carbonyl (C=O) groups is 5. The summed E-state index contributed by atoms with van der Waals surface area (Å²) in [5.74, 6) is -1.59. The SMILES string of the molecule is C=C=Cc1ccc(C(=C=CNC(=O)OC(C)(C)C)NNC(=O)OC(C)(C)C)c2[nH]cc(C(=O)C(=O)N3CCN(C(=O)c4ccccc4)CC3)c12. The Labute approximate surface area is 290 Å². The number of aromatic nitrogens is 1. The molecule has 262 valence electrons. The van der Waals surface area contributed by atoms with Gasteiger partial charge in [0.05, 0.1) is 17.3 Å². The van der Waals surface area contributed by atoms with Gasteiger partial charge in [-0.05, 0) is 71.4 Å². The molecule has 0 bridgehead atoms. The van der Waals surface area contributed by atoms with Crippen LogP contribution in [0.4, 0.5) is 9.59 Å². The third-order valence-corrected chi connectivity index (χ3v) is 7.20. The van der Waals surface area contributed by atoms with Crippen LogP contribution in [0.1, 0.15) is 73.4 Å². The molecule has 1 aromatic heterocycles. The third-order valence-electron chi connectivity index (χ3n) is 7.20. The van der Waals surface area contributed by atoms with Crippen LogP contribution in [0.3, 0.4) is 0 Å². The lowest BCUT2D eigenvalue weighted by Gasteiger charge is -2.34. The highest BCUT2D eigenvalue weighted by Gasteiger charge is 2.31. The number of amides is 4. The zero-order chi connectivity index (χ0) is 36.6. The molecular weight excluding hydrogens is 640 g/mol. The topological polar surface area (TPSA) is 162 Å². The molecule has 0 spiro atoms. The Morgan fingerprint density at radius 3 is 2.06 bits per heavy atom. The number of aromatic amines is 1. The summed E-state index contributed by atoms with van der Waals surface area (Å²) in [4.78, 5) is 71.2.